The largest absolute Gasteiger partial charge is 0.279 e. The molecule has 0 aliphatic carbocycles. The molecule has 0 aliphatic rings. The summed E-state index contributed by atoms with van der Waals surface area (Å²) in [6.07, 6.45) is 0. The van der Waals surface area contributed by atoms with Crippen molar-refractivity contribution >= 4 is 20.2 Å². The van der Waals surface area contributed by atoms with Crippen molar-refractivity contribution in [3.05, 3.63) is 29.8 Å². The van der Waals surface area contributed by atoms with E-state index < -0.39 is 26.3 Å². The van der Waals surface area contributed by atoms with E-state index in [2.05, 4.69) is 4.72 Å². The number of nitrogens with zero attached hydrogens (tertiary/aromatic N) is 1. The predicted octanol–water partition coefficient (Wildman–Crippen LogP) is -0.209. The highest BCUT2D eigenvalue weighted by Crippen LogP contribution is 2.17. The van der Waals surface area contributed by atoms with E-state index in [1.54, 1.807) is 13.0 Å². The number of hydrogen-bond donors (Lipinski definition) is 2. The van der Waals surface area contributed by atoms with Crippen LogP contribution < -0.4 is 9.86 Å². The molecule has 19 heavy (non-hydrogen) atoms. The molecule has 0 heterocycles. The summed E-state index contributed by atoms with van der Waals surface area (Å²) in [6.45, 7) is 1.61. The molecule has 0 fully saturated rings. The predicted molar refractivity (Wildman–Crippen MR) is 72.0 cm³/mol. The van der Waals surface area contributed by atoms with Gasteiger partial charge < -0.3 is 0 Å². The third-order valence-corrected chi connectivity index (χ3v) is 5.02. The van der Waals surface area contributed by atoms with Crippen molar-refractivity contribution in [2.75, 3.05) is 14.1 Å². The summed E-state index contributed by atoms with van der Waals surface area (Å²) in [5.41, 5.74) is 0.511. The van der Waals surface area contributed by atoms with Crippen molar-refractivity contribution in [2.24, 2.45) is 5.14 Å². The van der Waals surface area contributed by atoms with Gasteiger partial charge in [-0.1, -0.05) is 12.1 Å². The van der Waals surface area contributed by atoms with Crippen LogP contribution in [0, 0.1) is 0 Å². The smallest absolute Gasteiger partial charge is 0.225 e. The third kappa shape index (κ3) is 4.25. The first-order valence-electron chi connectivity index (χ1n) is 5.36. The van der Waals surface area contributed by atoms with Crippen molar-refractivity contribution in [1.29, 1.82) is 0 Å². The second kappa shape index (κ2) is 5.55. The Morgan fingerprint density at radius 3 is 2.26 bits per heavy atom. The summed E-state index contributed by atoms with van der Waals surface area (Å²) in [7, 11) is -4.60. The molecular weight excluding hydrogens is 290 g/mol. The minimum absolute atomic E-state index is 0.0547. The van der Waals surface area contributed by atoms with Gasteiger partial charge in [0, 0.05) is 20.1 Å². The van der Waals surface area contributed by atoms with Crippen molar-refractivity contribution < 1.29 is 16.8 Å². The Morgan fingerprint density at radius 1 is 1.21 bits per heavy atom. The summed E-state index contributed by atoms with van der Waals surface area (Å²) < 4.78 is 49.2. The quantitative estimate of drug-likeness (QED) is 0.784. The molecule has 1 aromatic carbocycles. The summed E-state index contributed by atoms with van der Waals surface area (Å²) in [5.74, 6) is 0. The number of nitrogens with one attached hydrogen (secondary N) is 1. The molecule has 108 valence electrons. The van der Waals surface area contributed by atoms with Gasteiger partial charge >= 0.3 is 0 Å². The molecular formula is C10H17N3O4S2. The first kappa shape index (κ1) is 16.1. The van der Waals surface area contributed by atoms with Gasteiger partial charge in [0.1, 0.15) is 0 Å². The van der Waals surface area contributed by atoms with Gasteiger partial charge in [-0.15, -0.1) is 0 Å². The molecule has 1 atom stereocenters. The molecule has 0 bridgehead atoms. The second-order valence-corrected chi connectivity index (χ2v) is 7.72. The van der Waals surface area contributed by atoms with Gasteiger partial charge in [-0.3, -0.25) is 0 Å². The van der Waals surface area contributed by atoms with Crippen LogP contribution in [-0.4, -0.2) is 35.2 Å². The first-order chi connectivity index (χ1) is 8.54. The summed E-state index contributed by atoms with van der Waals surface area (Å²) in [6, 6.07) is 5.26. The van der Waals surface area contributed by atoms with Gasteiger partial charge in [0.15, 0.2) is 0 Å². The number of hydrogen-bond acceptors (Lipinski definition) is 4. The van der Waals surface area contributed by atoms with E-state index in [0.29, 0.717) is 5.56 Å². The lowest BCUT2D eigenvalue weighted by atomic mass is 10.1. The average molecular weight is 307 g/mol. The molecule has 3 N–H and O–H groups in total. The zero-order valence-electron chi connectivity index (χ0n) is 10.9. The topological polar surface area (TPSA) is 110 Å². The number of nitrogens with two attached hydrogens (primary N) is 1. The van der Waals surface area contributed by atoms with Crippen LogP contribution in [-0.2, 0) is 20.2 Å². The van der Waals surface area contributed by atoms with Crippen LogP contribution >= 0.6 is 0 Å². The maximum Gasteiger partial charge on any atom is 0.279 e. The molecule has 0 aromatic heterocycles. The van der Waals surface area contributed by atoms with Gasteiger partial charge in [0.05, 0.1) is 4.90 Å². The molecule has 0 spiro atoms. The van der Waals surface area contributed by atoms with E-state index in [1.807, 2.05) is 0 Å². The van der Waals surface area contributed by atoms with Crippen LogP contribution in [0.4, 0.5) is 0 Å². The van der Waals surface area contributed by atoms with Crippen LogP contribution in [0.3, 0.4) is 0 Å². The highest BCUT2D eigenvalue weighted by atomic mass is 32.2. The maximum absolute atomic E-state index is 11.7. The molecule has 1 rings (SSSR count). The van der Waals surface area contributed by atoms with E-state index in [1.165, 1.54) is 32.3 Å². The van der Waals surface area contributed by atoms with Crippen LogP contribution in [0.15, 0.2) is 29.2 Å². The molecule has 9 heteroatoms. The average Bonchev–Trinajstić information content (AvgIpc) is 2.27. The standard InChI is InChI=1S/C10H17N3O4S2/c1-8(12-19(16,17)13(2)3)9-5-4-6-10(7-9)18(11,14)15/h4-8,12H,1-3H3,(H2,11,14,15). The Bertz CT molecular complexity index is 653. The lowest BCUT2D eigenvalue weighted by Gasteiger charge is -2.18. The fourth-order valence-corrected chi connectivity index (χ4v) is 2.72. The molecule has 1 unspecified atom stereocenters. The normalized spacial score (nSPS) is 14.6. The highest BCUT2D eigenvalue weighted by Gasteiger charge is 2.19. The van der Waals surface area contributed by atoms with Crippen LogP contribution in [0.25, 0.3) is 0 Å². The van der Waals surface area contributed by atoms with E-state index in [9.17, 15) is 16.8 Å². The van der Waals surface area contributed by atoms with Gasteiger partial charge in [-0.05, 0) is 24.6 Å². The van der Waals surface area contributed by atoms with Gasteiger partial charge in [-0.25, -0.2) is 13.6 Å². The molecule has 0 saturated heterocycles. The van der Waals surface area contributed by atoms with Crippen molar-refractivity contribution in [2.45, 2.75) is 17.9 Å². The number of sulfonamides is 1. The van der Waals surface area contributed by atoms with E-state index >= 15 is 0 Å². The van der Waals surface area contributed by atoms with Gasteiger partial charge in [0.25, 0.3) is 10.2 Å². The van der Waals surface area contributed by atoms with Crippen molar-refractivity contribution in [3.63, 3.8) is 0 Å². The second-order valence-electron chi connectivity index (χ2n) is 4.24. The molecule has 0 saturated carbocycles. The van der Waals surface area contributed by atoms with Crippen molar-refractivity contribution in [3.8, 4) is 0 Å². The van der Waals surface area contributed by atoms with Gasteiger partial charge in [-0.2, -0.15) is 17.4 Å². The highest BCUT2D eigenvalue weighted by molar-refractivity contribution is 7.89. The van der Waals surface area contributed by atoms with Crippen molar-refractivity contribution in [1.82, 2.24) is 9.03 Å². The monoisotopic (exact) mass is 307 g/mol. The number of rotatable bonds is 5. The Morgan fingerprint density at radius 2 is 1.79 bits per heavy atom. The third-order valence-electron chi connectivity index (χ3n) is 2.49. The van der Waals surface area contributed by atoms with Crippen LogP contribution in [0.5, 0.6) is 0 Å². The Kier molecular flexibility index (Phi) is 4.69. The zero-order valence-corrected chi connectivity index (χ0v) is 12.5. The molecule has 0 radical (unpaired) electrons. The fraction of sp³-hybridized carbons (Fsp3) is 0.400. The Labute approximate surface area is 113 Å². The number of benzene rings is 1. The van der Waals surface area contributed by atoms with E-state index in [0.717, 1.165) is 4.31 Å². The van der Waals surface area contributed by atoms with E-state index in [-0.39, 0.29) is 4.90 Å². The first-order valence-corrected chi connectivity index (χ1v) is 8.35. The molecule has 7 nitrogen and oxygen atoms in total. The molecule has 0 aliphatic heterocycles. The Balaban J connectivity index is 3.05. The lowest BCUT2D eigenvalue weighted by molar-refractivity contribution is 0.494. The van der Waals surface area contributed by atoms with Gasteiger partial charge in [0.2, 0.25) is 10.0 Å². The maximum atomic E-state index is 11.7. The summed E-state index contributed by atoms with van der Waals surface area (Å²) >= 11 is 0. The molecule has 1 aromatic rings. The zero-order chi connectivity index (χ0) is 14.8. The SMILES string of the molecule is CC(NS(=O)(=O)N(C)C)c1cccc(S(N)(=O)=O)c1. The molecule has 0 amide bonds. The summed E-state index contributed by atoms with van der Waals surface area (Å²) in [4.78, 5) is -0.0547. The van der Waals surface area contributed by atoms with Crippen LogP contribution in [0.2, 0.25) is 0 Å². The van der Waals surface area contributed by atoms with E-state index in [4.69, 9.17) is 5.14 Å². The lowest BCUT2D eigenvalue weighted by Crippen LogP contribution is -2.37. The fourth-order valence-electron chi connectivity index (χ4n) is 1.36. The minimum atomic E-state index is -3.81. The minimum Gasteiger partial charge on any atom is -0.225 e. The summed E-state index contributed by atoms with van der Waals surface area (Å²) in [5, 5.41) is 5.03. The van der Waals surface area contributed by atoms with Crippen LogP contribution in [0.1, 0.15) is 18.5 Å². The number of primary sulfonamides is 1. The Hall–Kier alpha value is -1.00.